The molecule has 0 radical (unpaired) electrons. The molecule has 1 aromatic carbocycles. The van der Waals surface area contributed by atoms with Crippen molar-refractivity contribution in [3.8, 4) is 0 Å². The molecule has 0 spiro atoms. The van der Waals surface area contributed by atoms with Gasteiger partial charge in [-0.1, -0.05) is 0 Å². The predicted octanol–water partition coefficient (Wildman–Crippen LogP) is 3.99. The van der Waals surface area contributed by atoms with Gasteiger partial charge >= 0.3 is 11.9 Å². The third-order valence-electron chi connectivity index (χ3n) is 3.52. The molecule has 7 nitrogen and oxygen atoms in total. The standard InChI is InChI=1S/C15H16F3N5O2/c1-3-22(4-2)14-12(23(24)25)13(19-9-20-14)21-11-7-5-10(6-8-11)15(16,17)18/h5-9H,3-4H2,1-2H3,(H,19,20,21). The molecular weight excluding hydrogens is 339 g/mol. The van der Waals surface area contributed by atoms with Gasteiger partial charge in [0.1, 0.15) is 6.33 Å². The Labute approximate surface area is 141 Å². The van der Waals surface area contributed by atoms with Crippen molar-refractivity contribution in [1.82, 2.24) is 9.97 Å². The first-order chi connectivity index (χ1) is 11.8. The van der Waals surface area contributed by atoms with Crippen LogP contribution in [0.15, 0.2) is 30.6 Å². The van der Waals surface area contributed by atoms with Crippen LogP contribution in [0.25, 0.3) is 0 Å². The summed E-state index contributed by atoms with van der Waals surface area (Å²) in [6, 6.07) is 4.15. The molecule has 134 valence electrons. The largest absolute Gasteiger partial charge is 0.416 e. The number of hydrogen-bond acceptors (Lipinski definition) is 6. The highest BCUT2D eigenvalue weighted by Crippen LogP contribution is 2.34. The lowest BCUT2D eigenvalue weighted by Crippen LogP contribution is -2.24. The van der Waals surface area contributed by atoms with E-state index < -0.39 is 16.7 Å². The molecule has 0 saturated carbocycles. The SMILES string of the molecule is CCN(CC)c1ncnc(Nc2ccc(C(F)(F)F)cc2)c1[N+](=O)[O-]. The number of nitrogens with one attached hydrogen (secondary N) is 1. The van der Waals surface area contributed by atoms with Crippen LogP contribution >= 0.6 is 0 Å². The predicted molar refractivity (Wildman–Crippen MR) is 87.0 cm³/mol. The number of nitro groups is 1. The Morgan fingerprint density at radius 2 is 1.76 bits per heavy atom. The third kappa shape index (κ3) is 4.14. The summed E-state index contributed by atoms with van der Waals surface area (Å²) in [4.78, 5) is 20.4. The highest BCUT2D eigenvalue weighted by atomic mass is 19.4. The minimum Gasteiger partial charge on any atom is -0.351 e. The minimum absolute atomic E-state index is 0.0818. The number of hydrogen-bond donors (Lipinski definition) is 1. The minimum atomic E-state index is -4.45. The average Bonchev–Trinajstić information content (AvgIpc) is 2.55. The number of nitrogens with zero attached hydrogens (tertiary/aromatic N) is 4. The lowest BCUT2D eigenvalue weighted by atomic mass is 10.2. The van der Waals surface area contributed by atoms with Gasteiger partial charge in [0.15, 0.2) is 0 Å². The van der Waals surface area contributed by atoms with Gasteiger partial charge in [-0.05, 0) is 38.1 Å². The lowest BCUT2D eigenvalue weighted by Gasteiger charge is -2.20. The molecular formula is C15H16F3N5O2. The van der Waals surface area contributed by atoms with E-state index >= 15 is 0 Å². The number of aromatic nitrogens is 2. The van der Waals surface area contributed by atoms with E-state index in [1.54, 1.807) is 4.90 Å². The molecule has 0 unspecified atom stereocenters. The normalized spacial score (nSPS) is 11.2. The second kappa shape index (κ2) is 7.32. The van der Waals surface area contributed by atoms with Crippen LogP contribution in [0.2, 0.25) is 0 Å². The number of anilines is 3. The molecule has 2 aromatic rings. The van der Waals surface area contributed by atoms with Gasteiger partial charge in [0, 0.05) is 18.8 Å². The van der Waals surface area contributed by atoms with Gasteiger partial charge in [-0.25, -0.2) is 9.97 Å². The van der Waals surface area contributed by atoms with E-state index in [2.05, 4.69) is 15.3 Å². The smallest absolute Gasteiger partial charge is 0.351 e. The molecule has 1 N–H and O–H groups in total. The third-order valence-corrected chi connectivity index (χ3v) is 3.52. The van der Waals surface area contributed by atoms with Gasteiger partial charge in [0.2, 0.25) is 11.6 Å². The Hall–Kier alpha value is -2.91. The van der Waals surface area contributed by atoms with Gasteiger partial charge in [0.05, 0.1) is 10.5 Å². The fourth-order valence-corrected chi connectivity index (χ4v) is 2.26. The van der Waals surface area contributed by atoms with Crippen LogP contribution in [0.3, 0.4) is 0 Å². The molecule has 10 heteroatoms. The highest BCUT2D eigenvalue weighted by molar-refractivity contribution is 5.74. The zero-order valence-electron chi connectivity index (χ0n) is 13.5. The molecule has 25 heavy (non-hydrogen) atoms. The first-order valence-corrected chi connectivity index (χ1v) is 7.46. The van der Waals surface area contributed by atoms with Crippen molar-refractivity contribution in [3.05, 3.63) is 46.3 Å². The van der Waals surface area contributed by atoms with Crippen molar-refractivity contribution < 1.29 is 18.1 Å². The molecule has 0 aliphatic carbocycles. The van der Waals surface area contributed by atoms with Crippen molar-refractivity contribution in [2.45, 2.75) is 20.0 Å². The summed E-state index contributed by atoms with van der Waals surface area (Å²) < 4.78 is 37.8. The Bertz CT molecular complexity index is 746. The first-order valence-electron chi connectivity index (χ1n) is 7.46. The van der Waals surface area contributed by atoms with Crippen LogP contribution in [0.1, 0.15) is 19.4 Å². The van der Waals surface area contributed by atoms with E-state index in [4.69, 9.17) is 0 Å². The number of alkyl halides is 3. The van der Waals surface area contributed by atoms with Crippen molar-refractivity contribution in [2.24, 2.45) is 0 Å². The van der Waals surface area contributed by atoms with Crippen molar-refractivity contribution in [3.63, 3.8) is 0 Å². The van der Waals surface area contributed by atoms with E-state index in [1.165, 1.54) is 18.5 Å². The lowest BCUT2D eigenvalue weighted by molar-refractivity contribution is -0.383. The van der Waals surface area contributed by atoms with E-state index in [0.29, 0.717) is 13.1 Å². The number of halogens is 3. The van der Waals surface area contributed by atoms with Gasteiger partial charge in [-0.15, -0.1) is 0 Å². The molecule has 0 aliphatic heterocycles. The molecule has 0 aliphatic rings. The van der Waals surface area contributed by atoms with Crippen LogP contribution in [-0.2, 0) is 6.18 Å². The second-order valence-electron chi connectivity index (χ2n) is 5.02. The first kappa shape index (κ1) is 18.4. The van der Waals surface area contributed by atoms with Crippen molar-refractivity contribution in [2.75, 3.05) is 23.3 Å². The van der Waals surface area contributed by atoms with E-state index in [0.717, 1.165) is 12.1 Å². The highest BCUT2D eigenvalue weighted by Gasteiger charge is 2.30. The fourth-order valence-electron chi connectivity index (χ4n) is 2.26. The van der Waals surface area contributed by atoms with E-state index in [-0.39, 0.29) is 23.0 Å². The number of benzene rings is 1. The Morgan fingerprint density at radius 3 is 2.24 bits per heavy atom. The van der Waals surface area contributed by atoms with E-state index in [1.807, 2.05) is 13.8 Å². The summed E-state index contributed by atoms with van der Waals surface area (Å²) in [7, 11) is 0. The Kier molecular flexibility index (Phi) is 5.40. The maximum atomic E-state index is 12.6. The van der Waals surface area contributed by atoms with Crippen LogP contribution in [-0.4, -0.2) is 28.0 Å². The molecule has 1 heterocycles. The van der Waals surface area contributed by atoms with Crippen LogP contribution in [0.5, 0.6) is 0 Å². The van der Waals surface area contributed by atoms with Crippen LogP contribution in [0, 0.1) is 10.1 Å². The summed E-state index contributed by atoms with van der Waals surface area (Å²) in [5.74, 6) is 0.0704. The van der Waals surface area contributed by atoms with E-state index in [9.17, 15) is 23.3 Å². The zero-order chi connectivity index (χ0) is 18.6. The fraction of sp³-hybridized carbons (Fsp3) is 0.333. The molecule has 2 rings (SSSR count). The van der Waals surface area contributed by atoms with Gasteiger partial charge in [-0.2, -0.15) is 13.2 Å². The van der Waals surface area contributed by atoms with Crippen molar-refractivity contribution in [1.29, 1.82) is 0 Å². The Morgan fingerprint density at radius 1 is 1.16 bits per heavy atom. The monoisotopic (exact) mass is 355 g/mol. The van der Waals surface area contributed by atoms with Gasteiger partial charge < -0.3 is 10.2 Å². The quantitative estimate of drug-likeness (QED) is 0.623. The second-order valence-corrected chi connectivity index (χ2v) is 5.02. The number of rotatable bonds is 6. The zero-order valence-corrected chi connectivity index (χ0v) is 13.5. The summed E-state index contributed by atoms with van der Waals surface area (Å²) >= 11 is 0. The summed E-state index contributed by atoms with van der Waals surface area (Å²) in [5, 5.41) is 14.2. The van der Waals surface area contributed by atoms with Crippen LogP contribution in [0.4, 0.5) is 36.2 Å². The van der Waals surface area contributed by atoms with Crippen molar-refractivity contribution >= 4 is 23.0 Å². The van der Waals surface area contributed by atoms with Gasteiger partial charge in [0.25, 0.3) is 0 Å². The van der Waals surface area contributed by atoms with Gasteiger partial charge in [-0.3, -0.25) is 10.1 Å². The topological polar surface area (TPSA) is 84.2 Å². The summed E-state index contributed by atoms with van der Waals surface area (Å²) in [6.07, 6.45) is -3.28. The molecule has 0 bridgehead atoms. The van der Waals surface area contributed by atoms with Crippen LogP contribution < -0.4 is 10.2 Å². The molecule has 0 saturated heterocycles. The maximum absolute atomic E-state index is 12.6. The molecule has 0 amide bonds. The summed E-state index contributed by atoms with van der Waals surface area (Å²) in [5.41, 5.74) is -0.884. The average molecular weight is 355 g/mol. The molecule has 1 aromatic heterocycles. The molecule has 0 fully saturated rings. The maximum Gasteiger partial charge on any atom is 0.416 e. The Balaban J connectivity index is 2.39. The summed E-state index contributed by atoms with van der Waals surface area (Å²) in [6.45, 7) is 4.68. The molecule has 0 atom stereocenters.